The first-order valence-corrected chi connectivity index (χ1v) is 4.44. The van der Waals surface area contributed by atoms with Crippen LogP contribution in [0.25, 0.3) is 0 Å². The number of aromatic amines is 3. The van der Waals surface area contributed by atoms with Gasteiger partial charge in [0, 0.05) is 12.3 Å². The molecule has 0 bridgehead atoms. The van der Waals surface area contributed by atoms with Crippen molar-refractivity contribution in [1.29, 1.82) is 0 Å². The van der Waals surface area contributed by atoms with E-state index in [1.165, 1.54) is 6.20 Å². The van der Waals surface area contributed by atoms with Crippen molar-refractivity contribution in [2.75, 3.05) is 5.32 Å². The minimum atomic E-state index is -1.19. The molecule has 2 heterocycles. The van der Waals surface area contributed by atoms with E-state index < -0.39 is 17.6 Å². The Hall–Kier alpha value is -2.84. The van der Waals surface area contributed by atoms with Crippen molar-refractivity contribution in [1.82, 2.24) is 20.2 Å². The summed E-state index contributed by atoms with van der Waals surface area (Å²) in [6.45, 7) is 0. The molecule has 9 heteroatoms. The van der Waals surface area contributed by atoms with E-state index >= 15 is 0 Å². The maximum atomic E-state index is 11.5. The average Bonchev–Trinajstić information content (AvgIpc) is 2.86. The van der Waals surface area contributed by atoms with Crippen molar-refractivity contribution in [3.05, 3.63) is 34.1 Å². The van der Waals surface area contributed by atoms with Crippen LogP contribution in [0.15, 0.2) is 17.1 Å². The molecule has 2 aromatic rings. The summed E-state index contributed by atoms with van der Waals surface area (Å²) in [5.41, 5.74) is -0.638. The lowest BCUT2D eigenvalue weighted by Crippen LogP contribution is -2.14. The van der Waals surface area contributed by atoms with Crippen molar-refractivity contribution >= 4 is 17.7 Å². The van der Waals surface area contributed by atoms with Crippen LogP contribution in [0.4, 0.5) is 5.82 Å². The predicted octanol–water partition coefficient (Wildman–Crippen LogP) is -0.623. The van der Waals surface area contributed by atoms with E-state index in [0.717, 1.165) is 6.07 Å². The Balaban J connectivity index is 2.13. The lowest BCUT2D eigenvalue weighted by atomic mass is 10.4. The number of rotatable bonds is 3. The number of anilines is 1. The van der Waals surface area contributed by atoms with Gasteiger partial charge in [0.05, 0.1) is 0 Å². The topological polar surface area (TPSA) is 144 Å². The highest BCUT2D eigenvalue weighted by atomic mass is 16.4. The van der Waals surface area contributed by atoms with E-state index in [9.17, 15) is 14.4 Å². The zero-order valence-electron chi connectivity index (χ0n) is 8.27. The van der Waals surface area contributed by atoms with Crippen LogP contribution < -0.4 is 11.0 Å². The van der Waals surface area contributed by atoms with Crippen molar-refractivity contribution in [3.63, 3.8) is 0 Å². The highest BCUT2D eigenvalue weighted by molar-refractivity contribution is 6.02. The number of aromatic carboxylic acids is 1. The first-order valence-electron chi connectivity index (χ1n) is 4.44. The Morgan fingerprint density at radius 3 is 2.65 bits per heavy atom. The van der Waals surface area contributed by atoms with Crippen LogP contribution in [0.1, 0.15) is 21.0 Å². The molecular formula is C8H7N5O4. The van der Waals surface area contributed by atoms with Gasteiger partial charge >= 0.3 is 11.7 Å². The summed E-state index contributed by atoms with van der Waals surface area (Å²) in [6.07, 6.45) is 1.20. The Morgan fingerprint density at radius 2 is 2.12 bits per heavy atom. The van der Waals surface area contributed by atoms with Crippen molar-refractivity contribution < 1.29 is 14.7 Å². The number of carboxylic acids is 1. The van der Waals surface area contributed by atoms with Crippen molar-refractivity contribution in [2.24, 2.45) is 0 Å². The number of nitrogens with one attached hydrogen (secondary N) is 4. The van der Waals surface area contributed by atoms with Crippen molar-refractivity contribution in [2.45, 2.75) is 0 Å². The van der Waals surface area contributed by atoms with E-state index in [1.54, 1.807) is 0 Å². The van der Waals surface area contributed by atoms with Crippen LogP contribution in [0.3, 0.4) is 0 Å². The number of amides is 1. The third kappa shape index (κ3) is 2.22. The summed E-state index contributed by atoms with van der Waals surface area (Å²) < 4.78 is 0. The number of carbonyl (C=O) groups excluding carboxylic acids is 1. The molecule has 0 aliphatic carbocycles. The molecule has 0 aromatic carbocycles. The monoisotopic (exact) mass is 237 g/mol. The highest BCUT2D eigenvalue weighted by Crippen LogP contribution is 2.06. The lowest BCUT2D eigenvalue weighted by molar-refractivity contribution is 0.0690. The van der Waals surface area contributed by atoms with Gasteiger partial charge in [-0.05, 0) is 0 Å². The summed E-state index contributed by atoms with van der Waals surface area (Å²) >= 11 is 0. The largest absolute Gasteiger partial charge is 0.477 e. The van der Waals surface area contributed by atoms with E-state index in [-0.39, 0.29) is 17.2 Å². The van der Waals surface area contributed by atoms with Crippen LogP contribution in [0.5, 0.6) is 0 Å². The van der Waals surface area contributed by atoms with Crippen LogP contribution >= 0.6 is 0 Å². The molecule has 2 aromatic heterocycles. The Kier molecular flexibility index (Phi) is 2.49. The number of hydrogen-bond acceptors (Lipinski definition) is 4. The first kappa shape index (κ1) is 10.7. The second kappa shape index (κ2) is 3.96. The number of H-pyrrole nitrogens is 3. The van der Waals surface area contributed by atoms with E-state index in [2.05, 4.69) is 25.5 Å². The molecule has 0 radical (unpaired) electrons. The maximum Gasteiger partial charge on any atom is 0.353 e. The average molecular weight is 237 g/mol. The summed E-state index contributed by atoms with van der Waals surface area (Å²) in [6, 6.07) is 1.16. The van der Waals surface area contributed by atoms with Crippen LogP contribution in [0, 0.1) is 0 Å². The Labute approximate surface area is 92.9 Å². The first-order chi connectivity index (χ1) is 8.06. The lowest BCUT2D eigenvalue weighted by Gasteiger charge is -1.96. The minimum Gasteiger partial charge on any atom is -0.477 e. The summed E-state index contributed by atoms with van der Waals surface area (Å²) in [5.74, 6) is -1.74. The zero-order valence-corrected chi connectivity index (χ0v) is 8.27. The highest BCUT2D eigenvalue weighted by Gasteiger charge is 2.12. The van der Waals surface area contributed by atoms with Gasteiger partial charge in [0.1, 0.15) is 11.4 Å². The number of carboxylic acid groups (broad SMARTS) is 1. The second-order valence-electron chi connectivity index (χ2n) is 3.08. The molecule has 2 rings (SSSR count). The number of carbonyl (C=O) groups is 2. The normalized spacial score (nSPS) is 10.1. The van der Waals surface area contributed by atoms with Gasteiger partial charge in [-0.15, -0.1) is 0 Å². The number of aromatic nitrogens is 4. The van der Waals surface area contributed by atoms with Crippen LogP contribution in [0.2, 0.25) is 0 Å². The second-order valence-corrected chi connectivity index (χ2v) is 3.08. The zero-order chi connectivity index (χ0) is 12.4. The molecule has 0 saturated heterocycles. The fraction of sp³-hybridized carbons (Fsp3) is 0. The molecule has 0 atom stereocenters. The quantitative estimate of drug-likeness (QED) is 0.483. The fourth-order valence-electron chi connectivity index (χ4n) is 1.13. The van der Waals surface area contributed by atoms with E-state index in [1.807, 2.05) is 0 Å². The molecule has 0 fully saturated rings. The molecule has 17 heavy (non-hydrogen) atoms. The molecule has 0 unspecified atom stereocenters. The number of hydrogen-bond donors (Lipinski definition) is 5. The van der Waals surface area contributed by atoms with Gasteiger partial charge in [0.25, 0.3) is 5.91 Å². The van der Waals surface area contributed by atoms with E-state index in [0.29, 0.717) is 0 Å². The smallest absolute Gasteiger partial charge is 0.353 e. The summed E-state index contributed by atoms with van der Waals surface area (Å²) in [7, 11) is 0. The van der Waals surface area contributed by atoms with Gasteiger partial charge in [-0.3, -0.25) is 9.89 Å². The molecule has 0 aliphatic rings. The van der Waals surface area contributed by atoms with Crippen LogP contribution in [-0.4, -0.2) is 37.1 Å². The Bertz CT molecular complexity index is 622. The van der Waals surface area contributed by atoms with Gasteiger partial charge in [0.2, 0.25) is 0 Å². The van der Waals surface area contributed by atoms with Gasteiger partial charge in [0.15, 0.2) is 5.82 Å². The molecule has 0 spiro atoms. The van der Waals surface area contributed by atoms with Gasteiger partial charge in [-0.25, -0.2) is 9.59 Å². The molecule has 0 aliphatic heterocycles. The fourth-order valence-corrected chi connectivity index (χ4v) is 1.13. The SMILES string of the molecule is O=C(O)c1cc(NC(=O)c2c[nH]c(=O)[nH]2)n[nH]1. The van der Waals surface area contributed by atoms with Gasteiger partial charge in [-0.2, -0.15) is 5.10 Å². The number of nitrogens with zero attached hydrogens (tertiary/aromatic N) is 1. The molecule has 5 N–H and O–H groups in total. The standard InChI is InChI=1S/C8H7N5O4/c14-6(4-2-9-8(17)10-4)11-5-1-3(7(15)16)12-13-5/h1-2H,(H,15,16)(H2,9,10,17)(H2,11,12,13,14). The molecule has 88 valence electrons. The number of imidazole rings is 1. The summed E-state index contributed by atoms with van der Waals surface area (Å²) in [4.78, 5) is 37.3. The third-order valence-electron chi connectivity index (χ3n) is 1.89. The molecular weight excluding hydrogens is 230 g/mol. The third-order valence-corrected chi connectivity index (χ3v) is 1.89. The molecule has 9 nitrogen and oxygen atoms in total. The van der Waals surface area contributed by atoms with Gasteiger partial charge in [-0.1, -0.05) is 0 Å². The molecule has 1 amide bonds. The predicted molar refractivity (Wildman–Crippen MR) is 54.9 cm³/mol. The maximum absolute atomic E-state index is 11.5. The molecule has 0 saturated carbocycles. The van der Waals surface area contributed by atoms with Crippen molar-refractivity contribution in [3.8, 4) is 0 Å². The van der Waals surface area contributed by atoms with Crippen LogP contribution in [-0.2, 0) is 0 Å². The minimum absolute atomic E-state index is 0.0230. The summed E-state index contributed by atoms with van der Waals surface area (Å²) in [5, 5.41) is 16.7. The van der Waals surface area contributed by atoms with E-state index in [4.69, 9.17) is 5.11 Å². The Morgan fingerprint density at radius 1 is 1.35 bits per heavy atom. The van der Waals surface area contributed by atoms with Gasteiger partial charge < -0.3 is 20.4 Å².